The molecule has 1 rings (SSSR count). The van der Waals surface area contributed by atoms with Crippen molar-refractivity contribution in [2.75, 3.05) is 6.54 Å². The van der Waals surface area contributed by atoms with Gasteiger partial charge < -0.3 is 5.32 Å². The van der Waals surface area contributed by atoms with Crippen LogP contribution < -0.4 is 5.32 Å². The lowest BCUT2D eigenvalue weighted by Crippen LogP contribution is -2.13. The van der Waals surface area contributed by atoms with Crippen LogP contribution in [0.4, 0.5) is 4.39 Å². The fourth-order valence-electron chi connectivity index (χ4n) is 1.56. The number of benzene rings is 1. The molecule has 0 fully saturated rings. The third-order valence-corrected chi connectivity index (χ3v) is 2.49. The van der Waals surface area contributed by atoms with E-state index in [0.29, 0.717) is 6.54 Å². The monoisotopic (exact) mass is 209 g/mol. The summed E-state index contributed by atoms with van der Waals surface area (Å²) in [6.07, 6.45) is 3.40. The number of hydrogen-bond donors (Lipinski definition) is 1. The molecule has 0 bridgehead atoms. The fraction of sp³-hybridized carbons (Fsp3) is 0.538. The summed E-state index contributed by atoms with van der Waals surface area (Å²) in [5.74, 6) is -0.101. The minimum Gasteiger partial charge on any atom is -0.313 e. The van der Waals surface area contributed by atoms with Crippen LogP contribution in [0.2, 0.25) is 0 Å². The molecule has 2 heteroatoms. The molecule has 0 atom stereocenters. The number of halogens is 1. The van der Waals surface area contributed by atoms with Crippen LogP contribution in [0.25, 0.3) is 0 Å². The molecule has 1 nitrogen and oxygen atoms in total. The van der Waals surface area contributed by atoms with Crippen LogP contribution in [0.5, 0.6) is 0 Å². The molecule has 84 valence electrons. The quantitative estimate of drug-likeness (QED) is 0.758. The Bertz CT molecular complexity index is 297. The standard InChI is InChI=1S/C13H20FN/c1-3-5-6-11-7-8-13(14)12(9-11)10-15-4-2/h7-9,15H,3-6,10H2,1-2H3. The molecule has 15 heavy (non-hydrogen) atoms. The minimum atomic E-state index is -0.101. The van der Waals surface area contributed by atoms with Gasteiger partial charge >= 0.3 is 0 Å². The molecule has 1 N–H and O–H groups in total. The van der Waals surface area contributed by atoms with Crippen LogP contribution in [0.1, 0.15) is 37.8 Å². The Morgan fingerprint density at radius 3 is 2.73 bits per heavy atom. The van der Waals surface area contributed by atoms with Crippen molar-refractivity contribution in [3.8, 4) is 0 Å². The van der Waals surface area contributed by atoms with Crippen molar-refractivity contribution in [3.63, 3.8) is 0 Å². The molecule has 1 aromatic rings. The van der Waals surface area contributed by atoms with Gasteiger partial charge in [0.25, 0.3) is 0 Å². The first kappa shape index (κ1) is 12.2. The van der Waals surface area contributed by atoms with Crippen LogP contribution >= 0.6 is 0 Å². The molecule has 0 aliphatic carbocycles. The predicted octanol–water partition coefficient (Wildman–Crippen LogP) is 3.28. The Morgan fingerprint density at radius 2 is 2.07 bits per heavy atom. The van der Waals surface area contributed by atoms with Crippen LogP contribution in [0.3, 0.4) is 0 Å². The summed E-state index contributed by atoms with van der Waals surface area (Å²) >= 11 is 0. The van der Waals surface area contributed by atoms with E-state index in [1.807, 2.05) is 19.1 Å². The maximum atomic E-state index is 13.4. The van der Waals surface area contributed by atoms with Gasteiger partial charge in [0.15, 0.2) is 0 Å². The highest BCUT2D eigenvalue weighted by Gasteiger charge is 2.02. The Hall–Kier alpha value is -0.890. The first-order valence-corrected chi connectivity index (χ1v) is 5.76. The van der Waals surface area contributed by atoms with Crippen LogP contribution in [0.15, 0.2) is 18.2 Å². The summed E-state index contributed by atoms with van der Waals surface area (Å²) in [5, 5.41) is 3.15. The van der Waals surface area contributed by atoms with Gasteiger partial charge in [-0.2, -0.15) is 0 Å². The Balaban J connectivity index is 2.66. The molecule has 0 spiro atoms. The molecule has 0 amide bonds. The van der Waals surface area contributed by atoms with E-state index in [4.69, 9.17) is 0 Å². The number of unbranched alkanes of at least 4 members (excludes halogenated alkanes) is 1. The molecule has 0 aromatic heterocycles. The summed E-state index contributed by atoms with van der Waals surface area (Å²) in [6.45, 7) is 5.70. The molecule has 1 aromatic carbocycles. The lowest BCUT2D eigenvalue weighted by Gasteiger charge is -2.07. The summed E-state index contributed by atoms with van der Waals surface area (Å²) in [4.78, 5) is 0. The van der Waals surface area contributed by atoms with Crippen molar-refractivity contribution in [2.24, 2.45) is 0 Å². The van der Waals surface area contributed by atoms with E-state index >= 15 is 0 Å². The van der Waals surface area contributed by atoms with E-state index in [1.54, 1.807) is 6.07 Å². The summed E-state index contributed by atoms with van der Waals surface area (Å²) in [6, 6.07) is 5.45. The van der Waals surface area contributed by atoms with Gasteiger partial charge in [0, 0.05) is 12.1 Å². The normalized spacial score (nSPS) is 10.6. The zero-order valence-corrected chi connectivity index (χ0v) is 9.65. The van der Waals surface area contributed by atoms with Crippen molar-refractivity contribution >= 4 is 0 Å². The second-order valence-corrected chi connectivity index (χ2v) is 3.81. The SMILES string of the molecule is CCCCc1ccc(F)c(CNCC)c1. The van der Waals surface area contributed by atoms with Crippen LogP contribution in [-0.4, -0.2) is 6.54 Å². The number of nitrogens with one attached hydrogen (secondary N) is 1. The topological polar surface area (TPSA) is 12.0 Å². The molecule has 0 saturated heterocycles. The zero-order valence-electron chi connectivity index (χ0n) is 9.65. The molecular weight excluding hydrogens is 189 g/mol. The first-order valence-electron chi connectivity index (χ1n) is 5.76. The van der Waals surface area contributed by atoms with Crippen molar-refractivity contribution in [1.82, 2.24) is 5.32 Å². The van der Waals surface area contributed by atoms with Gasteiger partial charge in [-0.3, -0.25) is 0 Å². The second-order valence-electron chi connectivity index (χ2n) is 3.81. The van der Waals surface area contributed by atoms with Crippen molar-refractivity contribution in [2.45, 2.75) is 39.7 Å². The Morgan fingerprint density at radius 1 is 1.27 bits per heavy atom. The minimum absolute atomic E-state index is 0.101. The maximum Gasteiger partial charge on any atom is 0.127 e. The maximum absolute atomic E-state index is 13.4. The van der Waals surface area contributed by atoms with E-state index in [0.717, 1.165) is 18.5 Å². The van der Waals surface area contributed by atoms with Crippen LogP contribution in [-0.2, 0) is 13.0 Å². The average molecular weight is 209 g/mol. The fourth-order valence-corrected chi connectivity index (χ4v) is 1.56. The number of rotatable bonds is 6. The highest BCUT2D eigenvalue weighted by Crippen LogP contribution is 2.12. The van der Waals surface area contributed by atoms with E-state index in [9.17, 15) is 4.39 Å². The van der Waals surface area contributed by atoms with Gasteiger partial charge in [-0.15, -0.1) is 0 Å². The third-order valence-electron chi connectivity index (χ3n) is 2.49. The van der Waals surface area contributed by atoms with Crippen LogP contribution in [0, 0.1) is 5.82 Å². The second kappa shape index (κ2) is 6.57. The Kier molecular flexibility index (Phi) is 5.33. The lowest BCUT2D eigenvalue weighted by atomic mass is 10.0. The average Bonchev–Trinajstić information content (AvgIpc) is 2.26. The van der Waals surface area contributed by atoms with E-state index in [2.05, 4.69) is 12.2 Å². The Labute approximate surface area is 91.7 Å². The van der Waals surface area contributed by atoms with Crippen molar-refractivity contribution in [1.29, 1.82) is 0 Å². The van der Waals surface area contributed by atoms with Gasteiger partial charge in [0.05, 0.1) is 0 Å². The van der Waals surface area contributed by atoms with Gasteiger partial charge in [-0.25, -0.2) is 4.39 Å². The summed E-state index contributed by atoms with van der Waals surface area (Å²) in [5.41, 5.74) is 2.02. The van der Waals surface area contributed by atoms with E-state index < -0.39 is 0 Å². The third kappa shape index (κ3) is 4.00. The van der Waals surface area contributed by atoms with Gasteiger partial charge in [-0.1, -0.05) is 32.4 Å². The van der Waals surface area contributed by atoms with E-state index in [1.165, 1.54) is 18.4 Å². The highest BCUT2D eigenvalue weighted by atomic mass is 19.1. The molecule has 0 heterocycles. The number of aryl methyl sites for hydroxylation is 1. The van der Waals surface area contributed by atoms with Crippen molar-refractivity contribution in [3.05, 3.63) is 35.1 Å². The number of hydrogen-bond acceptors (Lipinski definition) is 1. The molecule has 0 aliphatic rings. The van der Waals surface area contributed by atoms with Gasteiger partial charge in [-0.05, 0) is 31.0 Å². The van der Waals surface area contributed by atoms with Crippen molar-refractivity contribution < 1.29 is 4.39 Å². The highest BCUT2D eigenvalue weighted by molar-refractivity contribution is 5.25. The smallest absolute Gasteiger partial charge is 0.127 e. The molecule has 0 unspecified atom stereocenters. The zero-order chi connectivity index (χ0) is 11.1. The molecule has 0 radical (unpaired) electrons. The molecule has 0 aliphatic heterocycles. The largest absolute Gasteiger partial charge is 0.313 e. The molecule has 0 saturated carbocycles. The predicted molar refractivity (Wildman–Crippen MR) is 62.4 cm³/mol. The van der Waals surface area contributed by atoms with Gasteiger partial charge in [0.1, 0.15) is 5.82 Å². The first-order chi connectivity index (χ1) is 7.27. The van der Waals surface area contributed by atoms with Gasteiger partial charge in [0.2, 0.25) is 0 Å². The molecular formula is C13H20FN. The summed E-state index contributed by atoms with van der Waals surface area (Å²) < 4.78 is 13.4. The lowest BCUT2D eigenvalue weighted by molar-refractivity contribution is 0.592. The van der Waals surface area contributed by atoms with E-state index in [-0.39, 0.29) is 5.82 Å². The summed E-state index contributed by atoms with van der Waals surface area (Å²) in [7, 11) is 0.